The molecule has 0 bridgehead atoms. The number of carboxylic acids is 1. The lowest BCUT2D eigenvalue weighted by atomic mass is 9.71. The van der Waals surface area contributed by atoms with Crippen molar-refractivity contribution in [3.63, 3.8) is 0 Å². The molecule has 0 unspecified atom stereocenters. The Hall–Kier alpha value is -2.53. The summed E-state index contributed by atoms with van der Waals surface area (Å²) in [5.74, 6) is 0.807. The van der Waals surface area contributed by atoms with Crippen LogP contribution in [-0.2, 0) is 9.53 Å². The van der Waals surface area contributed by atoms with Gasteiger partial charge in [-0.15, -0.1) is 0 Å². The smallest absolute Gasteiger partial charge is 0.309 e. The Balaban J connectivity index is 1.61. The molecule has 0 aliphatic carbocycles. The van der Waals surface area contributed by atoms with Gasteiger partial charge in [-0.2, -0.15) is 0 Å². The summed E-state index contributed by atoms with van der Waals surface area (Å²) in [5.41, 5.74) is 2.88. The second-order valence-electron chi connectivity index (χ2n) is 10.5. The predicted molar refractivity (Wildman–Crippen MR) is 128 cm³/mol. The number of para-hydroxylation sites is 1. The topological polar surface area (TPSA) is 65.0 Å². The first-order valence-electron chi connectivity index (χ1n) is 12.0. The summed E-state index contributed by atoms with van der Waals surface area (Å²) < 4.78 is 19.1. The van der Waals surface area contributed by atoms with Crippen LogP contribution in [0.3, 0.4) is 0 Å². The number of carboxylic acid groups (broad SMARTS) is 1. The van der Waals surface area contributed by atoms with Crippen molar-refractivity contribution in [1.29, 1.82) is 0 Å². The van der Waals surface area contributed by atoms with Crippen LogP contribution >= 0.6 is 0 Å². The van der Waals surface area contributed by atoms with Crippen molar-refractivity contribution in [2.24, 2.45) is 11.8 Å². The highest BCUT2D eigenvalue weighted by molar-refractivity contribution is 5.71. The zero-order valence-corrected chi connectivity index (χ0v) is 20.5. The molecule has 5 heteroatoms. The average Bonchev–Trinajstić information content (AvgIpc) is 2.76. The lowest BCUT2D eigenvalue weighted by Crippen LogP contribution is -2.53. The van der Waals surface area contributed by atoms with Gasteiger partial charge in [-0.1, -0.05) is 58.0 Å². The van der Waals surface area contributed by atoms with E-state index < -0.39 is 23.6 Å². The minimum atomic E-state index is -0.852. The maximum atomic E-state index is 12.2. The third kappa shape index (κ3) is 4.61. The van der Waals surface area contributed by atoms with Gasteiger partial charge in [-0.3, -0.25) is 4.79 Å². The van der Waals surface area contributed by atoms with Crippen molar-refractivity contribution in [3.05, 3.63) is 59.2 Å². The van der Waals surface area contributed by atoms with E-state index in [0.29, 0.717) is 18.3 Å². The monoisotopic (exact) mass is 452 g/mol. The van der Waals surface area contributed by atoms with Crippen LogP contribution in [0.1, 0.15) is 82.6 Å². The van der Waals surface area contributed by atoms with Gasteiger partial charge in [-0.05, 0) is 55.4 Å². The van der Waals surface area contributed by atoms with Crippen LogP contribution in [0.25, 0.3) is 0 Å². The first kappa shape index (κ1) is 23.6. The molecule has 1 fully saturated rings. The van der Waals surface area contributed by atoms with Gasteiger partial charge in [-0.25, -0.2) is 0 Å². The quantitative estimate of drug-likeness (QED) is 0.555. The van der Waals surface area contributed by atoms with E-state index in [0.717, 1.165) is 22.6 Å². The molecule has 33 heavy (non-hydrogen) atoms. The molecule has 5 nitrogen and oxygen atoms in total. The maximum Gasteiger partial charge on any atom is 0.309 e. The van der Waals surface area contributed by atoms with E-state index in [2.05, 4.69) is 52.0 Å². The summed E-state index contributed by atoms with van der Waals surface area (Å²) in [6.07, 6.45) is -0.286. The van der Waals surface area contributed by atoms with Gasteiger partial charge >= 0.3 is 5.97 Å². The molecule has 2 aliphatic rings. The van der Waals surface area contributed by atoms with Gasteiger partial charge in [0.05, 0.1) is 12.0 Å². The molecule has 0 aromatic heterocycles. The Morgan fingerprint density at radius 2 is 1.79 bits per heavy atom. The minimum Gasteiger partial charge on any atom is -0.491 e. The van der Waals surface area contributed by atoms with Crippen molar-refractivity contribution in [1.82, 2.24) is 0 Å². The van der Waals surface area contributed by atoms with E-state index in [9.17, 15) is 9.90 Å². The van der Waals surface area contributed by atoms with Crippen molar-refractivity contribution in [3.8, 4) is 11.5 Å². The number of hydrogen-bond donors (Lipinski definition) is 1. The molecule has 178 valence electrons. The second kappa shape index (κ2) is 9.02. The van der Waals surface area contributed by atoms with Crippen LogP contribution in [0.2, 0.25) is 0 Å². The lowest BCUT2D eigenvalue weighted by molar-refractivity contribution is -0.192. The molecule has 1 saturated heterocycles. The van der Waals surface area contributed by atoms with E-state index in [1.807, 2.05) is 32.0 Å². The van der Waals surface area contributed by atoms with Crippen LogP contribution < -0.4 is 9.47 Å². The highest BCUT2D eigenvalue weighted by Gasteiger charge is 2.52. The molecule has 2 aromatic carbocycles. The number of carbonyl (C=O) groups is 1. The number of ether oxygens (including phenoxy) is 3. The summed E-state index contributed by atoms with van der Waals surface area (Å²) in [5, 5.41) is 10.00. The SMILES string of the molecule is CC(C)c1ccc(OC[C@@H]2O[C@@H]3c4cccc(C(C)C)c4OC(C)(C)[C@H]3C[C@H]2C(=O)O)cc1. The summed E-state index contributed by atoms with van der Waals surface area (Å²) in [7, 11) is 0. The zero-order chi connectivity index (χ0) is 23.9. The molecule has 0 amide bonds. The van der Waals surface area contributed by atoms with Crippen molar-refractivity contribution in [2.75, 3.05) is 6.61 Å². The number of aliphatic carboxylic acids is 1. The molecule has 4 atom stereocenters. The minimum absolute atomic E-state index is 0.0601. The van der Waals surface area contributed by atoms with Gasteiger partial charge < -0.3 is 19.3 Å². The molecule has 0 spiro atoms. The zero-order valence-electron chi connectivity index (χ0n) is 20.5. The van der Waals surface area contributed by atoms with Crippen LogP contribution in [0.5, 0.6) is 11.5 Å². The molecule has 2 heterocycles. The predicted octanol–water partition coefficient (Wildman–Crippen LogP) is 6.33. The number of rotatable bonds is 6. The van der Waals surface area contributed by atoms with Crippen molar-refractivity contribution < 1.29 is 24.1 Å². The summed E-state index contributed by atoms with van der Waals surface area (Å²) in [6, 6.07) is 14.2. The Kier molecular flexibility index (Phi) is 6.45. The Bertz CT molecular complexity index is 992. The van der Waals surface area contributed by atoms with E-state index >= 15 is 0 Å². The van der Waals surface area contributed by atoms with Crippen LogP contribution in [0.15, 0.2) is 42.5 Å². The highest BCUT2D eigenvalue weighted by Crippen LogP contribution is 2.53. The molecule has 2 aliphatic heterocycles. The number of fused-ring (bicyclic) bond motifs is 3. The first-order valence-corrected chi connectivity index (χ1v) is 12.0. The largest absolute Gasteiger partial charge is 0.491 e. The van der Waals surface area contributed by atoms with Gasteiger partial charge in [0, 0.05) is 11.5 Å². The van der Waals surface area contributed by atoms with Gasteiger partial charge in [0.2, 0.25) is 0 Å². The lowest BCUT2D eigenvalue weighted by Gasteiger charge is -2.50. The maximum absolute atomic E-state index is 12.2. The Labute approximate surface area is 197 Å². The fraction of sp³-hybridized carbons (Fsp3) is 0.536. The summed E-state index contributed by atoms with van der Waals surface area (Å²) >= 11 is 0. The van der Waals surface area contributed by atoms with Crippen molar-refractivity contribution >= 4 is 5.97 Å². The standard InChI is InChI=1S/C28H36O5/c1-16(2)18-10-12-19(13-11-18)31-15-24-22(27(29)30)14-23-26(32-24)21-9-7-8-20(17(3)4)25(21)33-28(23,5)6/h7-13,16-17,22-24,26H,14-15H2,1-6H3,(H,29,30)/t22-,23+,24+,26-/m1/s1. The van der Waals surface area contributed by atoms with Gasteiger partial charge in [0.25, 0.3) is 0 Å². The van der Waals surface area contributed by atoms with E-state index in [1.165, 1.54) is 5.56 Å². The molecule has 0 saturated carbocycles. The molecule has 0 radical (unpaired) electrons. The van der Waals surface area contributed by atoms with Crippen LogP contribution in [0.4, 0.5) is 0 Å². The second-order valence-corrected chi connectivity index (χ2v) is 10.5. The number of hydrogen-bond acceptors (Lipinski definition) is 4. The van der Waals surface area contributed by atoms with Crippen LogP contribution in [0, 0.1) is 11.8 Å². The fourth-order valence-electron chi connectivity index (χ4n) is 5.12. The van der Waals surface area contributed by atoms with Crippen LogP contribution in [-0.4, -0.2) is 29.4 Å². The number of benzene rings is 2. The summed E-state index contributed by atoms with van der Waals surface area (Å²) in [6.45, 7) is 12.9. The highest BCUT2D eigenvalue weighted by atomic mass is 16.6. The third-order valence-electron chi connectivity index (χ3n) is 7.18. The molecule has 4 rings (SSSR count). The average molecular weight is 453 g/mol. The molecular formula is C28H36O5. The van der Waals surface area contributed by atoms with Gasteiger partial charge in [0.15, 0.2) is 0 Å². The normalized spacial score (nSPS) is 25.8. The molecule has 1 N–H and O–H groups in total. The van der Waals surface area contributed by atoms with E-state index in [-0.39, 0.29) is 18.6 Å². The van der Waals surface area contributed by atoms with E-state index in [4.69, 9.17) is 14.2 Å². The Morgan fingerprint density at radius 3 is 2.39 bits per heavy atom. The fourth-order valence-corrected chi connectivity index (χ4v) is 5.12. The third-order valence-corrected chi connectivity index (χ3v) is 7.18. The molecule has 2 aromatic rings. The van der Waals surface area contributed by atoms with Gasteiger partial charge in [0.1, 0.15) is 29.8 Å². The Morgan fingerprint density at radius 1 is 1.09 bits per heavy atom. The first-order chi connectivity index (χ1) is 15.6. The molecular weight excluding hydrogens is 416 g/mol. The van der Waals surface area contributed by atoms with Crippen molar-refractivity contribution in [2.45, 2.75) is 77.6 Å². The summed E-state index contributed by atoms with van der Waals surface area (Å²) in [4.78, 5) is 12.2. The van der Waals surface area contributed by atoms with E-state index in [1.54, 1.807) is 0 Å².